The first-order valence-corrected chi connectivity index (χ1v) is 6.66. The fraction of sp³-hybridized carbons (Fsp3) is 0.385. The quantitative estimate of drug-likeness (QED) is 0.848. The lowest BCUT2D eigenvalue weighted by molar-refractivity contribution is 0.395. The molecule has 2 N–H and O–H groups in total. The Morgan fingerprint density at radius 2 is 1.90 bits per heavy atom. The van der Waals surface area contributed by atoms with Gasteiger partial charge in [0.2, 0.25) is 5.89 Å². The van der Waals surface area contributed by atoms with Crippen molar-refractivity contribution in [3.63, 3.8) is 0 Å². The van der Waals surface area contributed by atoms with Gasteiger partial charge in [0.05, 0.1) is 31.0 Å². The van der Waals surface area contributed by atoms with Crippen LogP contribution in [-0.2, 0) is 0 Å². The highest BCUT2D eigenvalue weighted by atomic mass is 35.5. The number of anilines is 2. The largest absolute Gasteiger partial charge is 0.495 e. The van der Waals surface area contributed by atoms with E-state index in [9.17, 15) is 0 Å². The average molecular weight is 313 g/mol. The molecule has 0 saturated heterocycles. The zero-order chi connectivity index (χ0) is 15.4. The summed E-state index contributed by atoms with van der Waals surface area (Å²) >= 11 is 6.11. The molecule has 1 atom stereocenters. The molecule has 0 spiro atoms. The van der Waals surface area contributed by atoms with Crippen LogP contribution in [0.15, 0.2) is 16.5 Å². The van der Waals surface area contributed by atoms with E-state index < -0.39 is 0 Å². The van der Waals surface area contributed by atoms with E-state index in [-0.39, 0.29) is 12.1 Å². The Balaban J connectivity index is 2.26. The first-order valence-electron chi connectivity index (χ1n) is 6.28. The Labute approximate surface area is 127 Å². The summed E-state index contributed by atoms with van der Waals surface area (Å²) in [4.78, 5) is 0. The van der Waals surface area contributed by atoms with Gasteiger partial charge in [-0.2, -0.15) is 0 Å². The molecular weight excluding hydrogens is 296 g/mol. The van der Waals surface area contributed by atoms with E-state index >= 15 is 0 Å². The summed E-state index contributed by atoms with van der Waals surface area (Å²) in [5, 5.41) is 14.3. The smallest absolute Gasteiger partial charge is 0.320 e. The van der Waals surface area contributed by atoms with Crippen LogP contribution in [0.5, 0.6) is 11.5 Å². The predicted octanol–water partition coefficient (Wildman–Crippen LogP) is 2.76. The highest BCUT2D eigenvalue weighted by Gasteiger charge is 2.15. The fourth-order valence-electron chi connectivity index (χ4n) is 1.66. The second kappa shape index (κ2) is 6.64. The van der Waals surface area contributed by atoms with Crippen LogP contribution in [0, 0.1) is 0 Å². The lowest BCUT2D eigenvalue weighted by Gasteiger charge is -2.11. The molecule has 2 rings (SSSR count). The van der Waals surface area contributed by atoms with Gasteiger partial charge in [0.1, 0.15) is 11.5 Å². The minimum Gasteiger partial charge on any atom is -0.495 e. The molecule has 7 nitrogen and oxygen atoms in total. The summed E-state index contributed by atoms with van der Waals surface area (Å²) in [6.07, 6.45) is 0. The van der Waals surface area contributed by atoms with Gasteiger partial charge in [0.25, 0.3) is 0 Å². The molecule has 114 valence electrons. The lowest BCUT2D eigenvalue weighted by Crippen LogP contribution is -2.12. The number of benzene rings is 1. The van der Waals surface area contributed by atoms with Crippen LogP contribution >= 0.6 is 11.6 Å². The molecule has 0 saturated carbocycles. The molecule has 1 aromatic heterocycles. The van der Waals surface area contributed by atoms with Crippen LogP contribution < -0.4 is 20.1 Å². The average Bonchev–Trinajstić information content (AvgIpc) is 2.95. The van der Waals surface area contributed by atoms with Crippen molar-refractivity contribution in [3.05, 3.63) is 23.0 Å². The molecular formula is C13H17ClN4O3. The van der Waals surface area contributed by atoms with Crippen molar-refractivity contribution in [1.82, 2.24) is 15.5 Å². The Morgan fingerprint density at radius 1 is 1.19 bits per heavy atom. The van der Waals surface area contributed by atoms with Crippen LogP contribution in [0.1, 0.15) is 18.9 Å². The number of halogens is 1. The maximum Gasteiger partial charge on any atom is 0.320 e. The molecule has 1 heterocycles. The number of nitrogens with zero attached hydrogens (tertiary/aromatic N) is 2. The number of nitrogens with one attached hydrogen (secondary N) is 2. The van der Waals surface area contributed by atoms with Crippen molar-refractivity contribution in [3.8, 4) is 11.5 Å². The summed E-state index contributed by atoms with van der Waals surface area (Å²) < 4.78 is 15.9. The molecule has 1 unspecified atom stereocenters. The molecule has 0 amide bonds. The Morgan fingerprint density at radius 3 is 2.52 bits per heavy atom. The van der Waals surface area contributed by atoms with Crippen LogP contribution in [-0.4, -0.2) is 31.5 Å². The molecule has 21 heavy (non-hydrogen) atoms. The Bertz CT molecular complexity index is 617. The third-order valence-electron chi connectivity index (χ3n) is 2.96. The van der Waals surface area contributed by atoms with Gasteiger partial charge in [-0.15, -0.1) is 5.10 Å². The zero-order valence-corrected chi connectivity index (χ0v) is 13.0. The van der Waals surface area contributed by atoms with E-state index in [2.05, 4.69) is 20.8 Å². The number of methoxy groups -OCH3 is 2. The molecule has 0 radical (unpaired) electrons. The maximum absolute atomic E-state index is 6.11. The number of hydrogen-bond donors (Lipinski definition) is 2. The topological polar surface area (TPSA) is 81.4 Å². The first kappa shape index (κ1) is 15.4. The zero-order valence-electron chi connectivity index (χ0n) is 12.2. The number of aromatic nitrogens is 2. The van der Waals surface area contributed by atoms with E-state index in [1.54, 1.807) is 19.2 Å². The molecule has 1 aromatic carbocycles. The number of hydrogen-bond acceptors (Lipinski definition) is 7. The van der Waals surface area contributed by atoms with Crippen molar-refractivity contribution in [2.24, 2.45) is 0 Å². The predicted molar refractivity (Wildman–Crippen MR) is 79.6 cm³/mol. The number of rotatable bonds is 6. The summed E-state index contributed by atoms with van der Waals surface area (Å²) in [6.45, 7) is 1.92. The monoisotopic (exact) mass is 312 g/mol. The SMILES string of the molecule is CNC(C)c1nnc(Nc2cc(Cl)c(OC)cc2OC)o1. The van der Waals surface area contributed by atoms with Crippen molar-refractivity contribution in [2.75, 3.05) is 26.6 Å². The van der Waals surface area contributed by atoms with Crippen LogP contribution in [0.3, 0.4) is 0 Å². The summed E-state index contributed by atoms with van der Waals surface area (Å²) in [6, 6.07) is 3.57. The van der Waals surface area contributed by atoms with Gasteiger partial charge in [-0.3, -0.25) is 0 Å². The van der Waals surface area contributed by atoms with Gasteiger partial charge in [0, 0.05) is 6.07 Å². The van der Waals surface area contributed by atoms with Crippen molar-refractivity contribution >= 4 is 23.3 Å². The molecule has 8 heteroatoms. The first-order chi connectivity index (χ1) is 10.1. The Hall–Kier alpha value is -1.99. The van der Waals surface area contributed by atoms with Crippen LogP contribution in [0.2, 0.25) is 5.02 Å². The van der Waals surface area contributed by atoms with Gasteiger partial charge in [-0.05, 0) is 20.0 Å². The fourth-order valence-corrected chi connectivity index (χ4v) is 1.90. The molecule has 0 fully saturated rings. The van der Waals surface area contributed by atoms with Gasteiger partial charge in [-0.1, -0.05) is 16.7 Å². The van der Waals surface area contributed by atoms with Crippen molar-refractivity contribution < 1.29 is 13.9 Å². The van der Waals surface area contributed by atoms with Crippen LogP contribution in [0.4, 0.5) is 11.7 Å². The standard InChI is InChI=1S/C13H17ClN4O3/c1-7(15-2)12-17-18-13(21-12)16-9-5-8(14)10(19-3)6-11(9)20-4/h5-7,15H,1-4H3,(H,16,18). The molecule has 0 aliphatic rings. The van der Waals surface area contributed by atoms with Crippen LogP contribution in [0.25, 0.3) is 0 Å². The Kier molecular flexibility index (Phi) is 4.87. The third-order valence-corrected chi connectivity index (χ3v) is 3.25. The van der Waals surface area contributed by atoms with Gasteiger partial charge in [-0.25, -0.2) is 0 Å². The lowest BCUT2D eigenvalue weighted by atomic mass is 10.2. The second-order valence-corrected chi connectivity index (χ2v) is 4.68. The van der Waals surface area contributed by atoms with E-state index in [0.29, 0.717) is 28.1 Å². The van der Waals surface area contributed by atoms with Gasteiger partial charge >= 0.3 is 6.01 Å². The highest BCUT2D eigenvalue weighted by Crippen LogP contribution is 2.37. The molecule has 0 bridgehead atoms. The third kappa shape index (κ3) is 3.37. The van der Waals surface area contributed by atoms with Gasteiger partial charge < -0.3 is 24.5 Å². The maximum atomic E-state index is 6.11. The summed E-state index contributed by atoms with van der Waals surface area (Å²) in [7, 11) is 4.90. The molecule has 2 aromatic rings. The molecule has 0 aliphatic heterocycles. The summed E-state index contributed by atoms with van der Waals surface area (Å²) in [5.74, 6) is 1.56. The van der Waals surface area contributed by atoms with Crippen molar-refractivity contribution in [1.29, 1.82) is 0 Å². The summed E-state index contributed by atoms with van der Waals surface area (Å²) in [5.41, 5.74) is 0.607. The van der Waals surface area contributed by atoms with E-state index in [1.807, 2.05) is 14.0 Å². The van der Waals surface area contributed by atoms with Crippen molar-refractivity contribution in [2.45, 2.75) is 13.0 Å². The normalized spacial score (nSPS) is 12.0. The minimum absolute atomic E-state index is 0.0330. The molecule has 0 aliphatic carbocycles. The second-order valence-electron chi connectivity index (χ2n) is 4.27. The highest BCUT2D eigenvalue weighted by molar-refractivity contribution is 6.32. The minimum atomic E-state index is -0.0330. The van der Waals surface area contributed by atoms with E-state index in [1.165, 1.54) is 7.11 Å². The number of ether oxygens (including phenoxy) is 2. The van der Waals surface area contributed by atoms with E-state index in [4.69, 9.17) is 25.5 Å². The van der Waals surface area contributed by atoms with Gasteiger partial charge in [0.15, 0.2) is 0 Å². The van der Waals surface area contributed by atoms with E-state index in [0.717, 1.165) is 0 Å².